The number of halogens is 3. The molecule has 1 unspecified atom stereocenters. The number of nitrogens with zero attached hydrogens (tertiary/aromatic N) is 2. The quantitative estimate of drug-likeness (QED) is 0.723. The summed E-state index contributed by atoms with van der Waals surface area (Å²) < 4.78 is 47.0. The molecule has 1 aliphatic heterocycles. The van der Waals surface area contributed by atoms with Gasteiger partial charge in [0.15, 0.2) is 5.78 Å². The fourth-order valence-corrected chi connectivity index (χ4v) is 3.15. The van der Waals surface area contributed by atoms with Crippen molar-refractivity contribution in [1.82, 2.24) is 4.98 Å². The van der Waals surface area contributed by atoms with Crippen LogP contribution in [0.1, 0.15) is 31.2 Å². The topological polar surface area (TPSA) is 59.5 Å². The Morgan fingerprint density at radius 3 is 2.56 bits per heavy atom. The van der Waals surface area contributed by atoms with Gasteiger partial charge in [0, 0.05) is 31.4 Å². The van der Waals surface area contributed by atoms with Crippen LogP contribution < -0.4 is 9.64 Å². The summed E-state index contributed by atoms with van der Waals surface area (Å²) in [6.45, 7) is 0.996. The van der Waals surface area contributed by atoms with E-state index in [1.54, 1.807) is 24.3 Å². The zero-order valence-electron chi connectivity index (χ0n) is 14.5. The summed E-state index contributed by atoms with van der Waals surface area (Å²) in [6.07, 6.45) is 0.207. The van der Waals surface area contributed by atoms with Crippen LogP contribution >= 0.6 is 0 Å². The minimum absolute atomic E-state index is 0.0313. The van der Waals surface area contributed by atoms with E-state index in [0.29, 0.717) is 5.75 Å². The van der Waals surface area contributed by atoms with Crippen molar-refractivity contribution < 1.29 is 27.5 Å². The summed E-state index contributed by atoms with van der Waals surface area (Å²) in [7, 11) is 0. The zero-order valence-corrected chi connectivity index (χ0v) is 14.5. The molecular formula is C19H17F3N2O3. The molecule has 1 aromatic carbocycles. The summed E-state index contributed by atoms with van der Waals surface area (Å²) in [6, 6.07) is 8.79. The third kappa shape index (κ3) is 3.94. The number of carbonyl (C=O) groups is 2. The van der Waals surface area contributed by atoms with E-state index in [4.69, 9.17) is 4.74 Å². The van der Waals surface area contributed by atoms with Crippen molar-refractivity contribution >= 4 is 17.4 Å². The third-order valence-corrected chi connectivity index (χ3v) is 4.44. The number of Topliss-reactive ketones (excluding diaryl/α,β-unsaturated/α-hetero) is 1. The first-order valence-electron chi connectivity index (χ1n) is 8.40. The van der Waals surface area contributed by atoms with Gasteiger partial charge in [-0.1, -0.05) is 18.2 Å². The predicted molar refractivity (Wildman–Crippen MR) is 91.1 cm³/mol. The lowest BCUT2D eigenvalue weighted by Crippen LogP contribution is -2.28. The molecule has 0 saturated carbocycles. The van der Waals surface area contributed by atoms with Crippen LogP contribution in [0.3, 0.4) is 0 Å². The van der Waals surface area contributed by atoms with Crippen LogP contribution in [0.5, 0.6) is 5.75 Å². The largest absolute Gasteiger partial charge is 0.486 e. The molecule has 3 rings (SSSR count). The highest BCUT2D eigenvalue weighted by Crippen LogP contribution is 2.42. The van der Waals surface area contributed by atoms with Gasteiger partial charge in [-0.05, 0) is 18.6 Å². The van der Waals surface area contributed by atoms with Gasteiger partial charge in [0.2, 0.25) is 17.7 Å². The van der Waals surface area contributed by atoms with Crippen molar-refractivity contribution in [1.29, 1.82) is 0 Å². The normalized spacial score (nSPS) is 15.6. The van der Waals surface area contributed by atoms with Crippen molar-refractivity contribution in [2.75, 3.05) is 18.1 Å². The maximum absolute atomic E-state index is 14.1. The second-order valence-corrected chi connectivity index (χ2v) is 6.28. The van der Waals surface area contributed by atoms with Crippen molar-refractivity contribution in [3.8, 4) is 5.75 Å². The predicted octanol–water partition coefficient (Wildman–Crippen LogP) is 3.38. The van der Waals surface area contributed by atoms with Gasteiger partial charge in [-0.15, -0.1) is 0 Å². The van der Waals surface area contributed by atoms with E-state index in [0.717, 1.165) is 4.90 Å². The number of ketones is 1. The van der Waals surface area contributed by atoms with Crippen LogP contribution in [0.4, 0.5) is 18.9 Å². The van der Waals surface area contributed by atoms with Crippen molar-refractivity contribution in [3.63, 3.8) is 0 Å². The van der Waals surface area contributed by atoms with Crippen molar-refractivity contribution in [2.45, 2.75) is 25.7 Å². The summed E-state index contributed by atoms with van der Waals surface area (Å²) in [4.78, 5) is 27.7. The average Bonchev–Trinajstić information content (AvgIpc) is 3.04. The highest BCUT2D eigenvalue weighted by molar-refractivity contribution is 5.94. The molecule has 0 fully saturated rings. The molecule has 1 aliphatic rings. The van der Waals surface area contributed by atoms with E-state index < -0.39 is 35.2 Å². The van der Waals surface area contributed by atoms with Gasteiger partial charge < -0.3 is 9.64 Å². The first-order chi connectivity index (χ1) is 12.9. The van der Waals surface area contributed by atoms with Gasteiger partial charge in [0.25, 0.3) is 5.95 Å². The Morgan fingerprint density at radius 2 is 1.89 bits per heavy atom. The number of benzene rings is 1. The third-order valence-electron chi connectivity index (χ3n) is 4.44. The molecule has 0 bridgehead atoms. The molecule has 0 N–H and O–H groups in total. The molecule has 0 aliphatic carbocycles. The lowest BCUT2D eigenvalue weighted by Gasteiger charge is -2.15. The fourth-order valence-electron chi connectivity index (χ4n) is 3.15. The average molecular weight is 378 g/mol. The minimum atomic E-state index is -1.59. The van der Waals surface area contributed by atoms with Crippen LogP contribution in [0.25, 0.3) is 0 Å². The molecular weight excluding hydrogens is 361 g/mol. The number of aromatic nitrogens is 1. The molecule has 1 atom stereocenters. The molecule has 2 heterocycles. The molecule has 0 radical (unpaired) electrons. The number of ether oxygens (including phenoxy) is 1. The number of hydrogen-bond donors (Lipinski definition) is 0. The summed E-state index contributed by atoms with van der Waals surface area (Å²) >= 11 is 0. The second kappa shape index (κ2) is 7.77. The van der Waals surface area contributed by atoms with Gasteiger partial charge in [-0.3, -0.25) is 9.59 Å². The highest BCUT2D eigenvalue weighted by Gasteiger charge is 2.38. The Balaban J connectivity index is 1.69. The lowest BCUT2D eigenvalue weighted by atomic mass is 9.96. The molecule has 27 heavy (non-hydrogen) atoms. The van der Waals surface area contributed by atoms with Crippen LogP contribution in [0.2, 0.25) is 0 Å². The van der Waals surface area contributed by atoms with E-state index in [-0.39, 0.29) is 37.3 Å². The Morgan fingerprint density at radius 1 is 1.19 bits per heavy atom. The van der Waals surface area contributed by atoms with Gasteiger partial charge >= 0.3 is 0 Å². The van der Waals surface area contributed by atoms with E-state index in [1.807, 2.05) is 6.07 Å². The van der Waals surface area contributed by atoms with Crippen LogP contribution in [-0.4, -0.2) is 29.8 Å². The van der Waals surface area contributed by atoms with E-state index in [1.165, 1.54) is 6.92 Å². The zero-order chi connectivity index (χ0) is 19.6. The Hall–Kier alpha value is -2.90. The maximum atomic E-state index is 14.1. The van der Waals surface area contributed by atoms with Crippen LogP contribution in [0.15, 0.2) is 30.3 Å². The van der Waals surface area contributed by atoms with Crippen molar-refractivity contribution in [2.24, 2.45) is 0 Å². The second-order valence-electron chi connectivity index (χ2n) is 6.28. The molecule has 0 saturated heterocycles. The van der Waals surface area contributed by atoms with Gasteiger partial charge in [0.05, 0.1) is 5.69 Å². The summed E-state index contributed by atoms with van der Waals surface area (Å²) in [5.41, 5.74) is -0.591. The number of fused-ring (bicyclic) bond motifs is 1. The van der Waals surface area contributed by atoms with Crippen molar-refractivity contribution in [3.05, 3.63) is 53.6 Å². The molecule has 1 aromatic heterocycles. The number of rotatable bonds is 6. The van der Waals surface area contributed by atoms with Gasteiger partial charge in [-0.25, -0.2) is 0 Å². The smallest absolute Gasteiger partial charge is 0.253 e. The number of hydrogen-bond acceptors (Lipinski definition) is 4. The first-order valence-corrected chi connectivity index (χ1v) is 8.40. The van der Waals surface area contributed by atoms with E-state index in [2.05, 4.69) is 4.98 Å². The number of anilines is 1. The fraction of sp³-hybridized carbons (Fsp3) is 0.316. The molecule has 142 valence electrons. The van der Waals surface area contributed by atoms with Gasteiger partial charge in [0.1, 0.15) is 12.4 Å². The monoisotopic (exact) mass is 378 g/mol. The Bertz CT molecular complexity index is 874. The van der Waals surface area contributed by atoms with E-state index >= 15 is 0 Å². The minimum Gasteiger partial charge on any atom is -0.486 e. The van der Waals surface area contributed by atoms with Crippen LogP contribution in [0, 0.1) is 17.7 Å². The summed E-state index contributed by atoms with van der Waals surface area (Å²) in [5, 5.41) is 0. The molecule has 8 heteroatoms. The van der Waals surface area contributed by atoms with Crippen LogP contribution in [-0.2, 0) is 9.59 Å². The first kappa shape index (κ1) is 18.9. The van der Waals surface area contributed by atoms with E-state index in [9.17, 15) is 22.8 Å². The molecule has 0 spiro atoms. The molecule has 2 aromatic rings. The maximum Gasteiger partial charge on any atom is 0.253 e. The highest BCUT2D eigenvalue weighted by atomic mass is 19.2. The van der Waals surface area contributed by atoms with Gasteiger partial charge in [-0.2, -0.15) is 18.2 Å². The summed E-state index contributed by atoms with van der Waals surface area (Å²) in [5.74, 6) is -4.97. The number of para-hydroxylation sites is 1. The number of amides is 1. The Kier molecular flexibility index (Phi) is 5.43. The Labute approximate surface area is 153 Å². The standard InChI is InChI=1S/C19H17F3N2O3/c1-11(25)24-9-12(15-17(24)16(20)19(22)23-18(15)21)7-8-13(26)10-27-14-5-3-2-4-6-14/h2-6,12H,7-10H2,1H3. The number of carbonyl (C=O) groups excluding carboxylic acids is 2. The molecule has 5 nitrogen and oxygen atoms in total. The lowest BCUT2D eigenvalue weighted by molar-refractivity contribution is -0.121. The SMILES string of the molecule is CC(=O)N1CC(CCC(=O)COc2ccccc2)c2c(F)nc(F)c(F)c21. The molecule has 1 amide bonds. The number of pyridine rings is 1.